The second kappa shape index (κ2) is 8.22. The number of pyridine rings is 1. The van der Waals surface area contributed by atoms with Crippen LogP contribution in [0.2, 0.25) is 0 Å². The molecule has 1 aromatic heterocycles. The SMILES string of the molecule is COc1ccc(Nc2ccnc(C(=O)N3CCc4ccccc4C3)c2)c(OC)c1. The number of carbonyl (C=O) groups is 1. The highest BCUT2D eigenvalue weighted by Gasteiger charge is 2.22. The van der Waals surface area contributed by atoms with Crippen LogP contribution in [0.25, 0.3) is 0 Å². The van der Waals surface area contributed by atoms with Crippen LogP contribution in [0.3, 0.4) is 0 Å². The zero-order valence-corrected chi connectivity index (χ0v) is 16.5. The van der Waals surface area contributed by atoms with E-state index in [2.05, 4.69) is 22.4 Å². The van der Waals surface area contributed by atoms with Crippen molar-refractivity contribution in [2.45, 2.75) is 13.0 Å². The molecule has 0 bridgehead atoms. The van der Waals surface area contributed by atoms with Gasteiger partial charge in [0.2, 0.25) is 0 Å². The van der Waals surface area contributed by atoms with Crippen LogP contribution in [0.15, 0.2) is 60.8 Å². The van der Waals surface area contributed by atoms with Gasteiger partial charge < -0.3 is 19.7 Å². The fourth-order valence-electron chi connectivity index (χ4n) is 3.51. The summed E-state index contributed by atoms with van der Waals surface area (Å²) in [5.41, 5.74) is 4.48. The second-order valence-corrected chi connectivity index (χ2v) is 6.87. The molecular weight excluding hydrogens is 366 g/mol. The Kier molecular flexibility index (Phi) is 5.33. The number of benzene rings is 2. The Bertz CT molecular complexity index is 1040. The van der Waals surface area contributed by atoms with Crippen LogP contribution in [-0.4, -0.2) is 36.6 Å². The van der Waals surface area contributed by atoms with Gasteiger partial charge in [0.25, 0.3) is 5.91 Å². The molecule has 3 aromatic rings. The third-order valence-corrected chi connectivity index (χ3v) is 5.08. The molecule has 0 saturated carbocycles. The Hall–Kier alpha value is -3.54. The standard InChI is InChI=1S/C23H23N3O3/c1-28-19-7-8-20(22(14-19)29-2)25-18-9-11-24-21(13-18)23(27)26-12-10-16-5-3-4-6-17(16)15-26/h3-9,11,13-14H,10,12,15H2,1-2H3,(H,24,25). The summed E-state index contributed by atoms with van der Waals surface area (Å²) in [7, 11) is 3.22. The van der Waals surface area contributed by atoms with Crippen molar-refractivity contribution < 1.29 is 14.3 Å². The smallest absolute Gasteiger partial charge is 0.272 e. The van der Waals surface area contributed by atoms with E-state index in [1.54, 1.807) is 32.5 Å². The number of nitrogens with one attached hydrogen (secondary N) is 1. The van der Waals surface area contributed by atoms with Crippen LogP contribution in [0, 0.1) is 0 Å². The number of hydrogen-bond acceptors (Lipinski definition) is 5. The monoisotopic (exact) mass is 389 g/mol. The summed E-state index contributed by atoms with van der Waals surface area (Å²) in [5, 5.41) is 3.30. The molecule has 1 aliphatic heterocycles. The van der Waals surface area contributed by atoms with E-state index in [0.29, 0.717) is 30.3 Å². The van der Waals surface area contributed by atoms with E-state index in [1.165, 1.54) is 11.1 Å². The average molecular weight is 389 g/mol. The highest BCUT2D eigenvalue weighted by molar-refractivity contribution is 5.93. The van der Waals surface area contributed by atoms with Crippen LogP contribution in [0.4, 0.5) is 11.4 Å². The molecule has 2 heterocycles. The van der Waals surface area contributed by atoms with Gasteiger partial charge in [-0.05, 0) is 41.8 Å². The zero-order chi connectivity index (χ0) is 20.2. The van der Waals surface area contributed by atoms with Crippen LogP contribution in [0.1, 0.15) is 21.6 Å². The number of fused-ring (bicyclic) bond motifs is 1. The van der Waals surface area contributed by atoms with Gasteiger partial charge in [-0.25, -0.2) is 0 Å². The number of amides is 1. The van der Waals surface area contributed by atoms with Gasteiger partial charge in [0.15, 0.2) is 0 Å². The minimum atomic E-state index is -0.0650. The number of carbonyl (C=O) groups excluding carboxylic acids is 1. The zero-order valence-electron chi connectivity index (χ0n) is 16.5. The lowest BCUT2D eigenvalue weighted by Crippen LogP contribution is -2.36. The van der Waals surface area contributed by atoms with Crippen LogP contribution in [-0.2, 0) is 13.0 Å². The summed E-state index contributed by atoms with van der Waals surface area (Å²) >= 11 is 0. The fraction of sp³-hybridized carbons (Fsp3) is 0.217. The molecule has 0 radical (unpaired) electrons. The quantitative estimate of drug-likeness (QED) is 0.713. The van der Waals surface area contributed by atoms with Gasteiger partial charge in [0, 0.05) is 31.0 Å². The van der Waals surface area contributed by atoms with Gasteiger partial charge in [-0.2, -0.15) is 0 Å². The van der Waals surface area contributed by atoms with Crippen molar-refractivity contribution in [2.75, 3.05) is 26.1 Å². The van der Waals surface area contributed by atoms with Crippen molar-refractivity contribution in [3.8, 4) is 11.5 Å². The maximum Gasteiger partial charge on any atom is 0.272 e. The van der Waals surface area contributed by atoms with Crippen LogP contribution < -0.4 is 14.8 Å². The van der Waals surface area contributed by atoms with Crippen molar-refractivity contribution in [1.29, 1.82) is 0 Å². The van der Waals surface area contributed by atoms with Crippen molar-refractivity contribution in [2.24, 2.45) is 0 Å². The molecule has 29 heavy (non-hydrogen) atoms. The lowest BCUT2D eigenvalue weighted by Gasteiger charge is -2.28. The predicted molar refractivity (Wildman–Crippen MR) is 112 cm³/mol. The molecule has 0 saturated heterocycles. The lowest BCUT2D eigenvalue weighted by molar-refractivity contribution is 0.0729. The predicted octanol–water partition coefficient (Wildman–Crippen LogP) is 4.04. The number of methoxy groups -OCH3 is 2. The first-order valence-electron chi connectivity index (χ1n) is 9.49. The van der Waals surface area contributed by atoms with Gasteiger partial charge in [0.1, 0.15) is 17.2 Å². The number of rotatable bonds is 5. The number of hydrogen-bond donors (Lipinski definition) is 1. The normalized spacial score (nSPS) is 12.8. The Morgan fingerprint density at radius 3 is 2.66 bits per heavy atom. The summed E-state index contributed by atoms with van der Waals surface area (Å²) in [6.45, 7) is 1.31. The van der Waals surface area contributed by atoms with E-state index in [9.17, 15) is 4.79 Å². The summed E-state index contributed by atoms with van der Waals surface area (Å²) in [5.74, 6) is 1.30. The molecule has 1 amide bonds. The van der Waals surface area contributed by atoms with E-state index in [-0.39, 0.29) is 5.91 Å². The van der Waals surface area contributed by atoms with Crippen LogP contribution in [0.5, 0.6) is 11.5 Å². The van der Waals surface area contributed by atoms with E-state index in [4.69, 9.17) is 9.47 Å². The van der Waals surface area contributed by atoms with Gasteiger partial charge >= 0.3 is 0 Å². The van der Waals surface area contributed by atoms with E-state index < -0.39 is 0 Å². The molecule has 1 aliphatic rings. The Labute approximate surface area is 170 Å². The molecule has 4 rings (SSSR count). The Morgan fingerprint density at radius 1 is 1.03 bits per heavy atom. The van der Waals surface area contributed by atoms with Crippen molar-refractivity contribution in [1.82, 2.24) is 9.88 Å². The van der Waals surface area contributed by atoms with Gasteiger partial charge in [0.05, 0.1) is 19.9 Å². The average Bonchev–Trinajstić information content (AvgIpc) is 2.78. The Balaban J connectivity index is 1.53. The molecule has 0 aliphatic carbocycles. The van der Waals surface area contributed by atoms with Crippen molar-refractivity contribution >= 4 is 17.3 Å². The number of ether oxygens (including phenoxy) is 2. The number of anilines is 2. The third kappa shape index (κ3) is 4.01. The molecule has 6 heteroatoms. The maximum atomic E-state index is 13.0. The van der Waals surface area contributed by atoms with Gasteiger partial charge in [-0.15, -0.1) is 0 Å². The summed E-state index contributed by atoms with van der Waals surface area (Å²) < 4.78 is 10.7. The van der Waals surface area contributed by atoms with E-state index in [1.807, 2.05) is 35.2 Å². The fourth-order valence-corrected chi connectivity index (χ4v) is 3.51. The molecule has 0 fully saturated rings. The lowest BCUT2D eigenvalue weighted by atomic mass is 10.00. The molecule has 0 atom stereocenters. The first-order valence-corrected chi connectivity index (χ1v) is 9.49. The highest BCUT2D eigenvalue weighted by atomic mass is 16.5. The number of aromatic nitrogens is 1. The minimum absolute atomic E-state index is 0.0650. The van der Waals surface area contributed by atoms with Gasteiger partial charge in [-0.1, -0.05) is 24.3 Å². The van der Waals surface area contributed by atoms with E-state index >= 15 is 0 Å². The highest BCUT2D eigenvalue weighted by Crippen LogP contribution is 2.31. The van der Waals surface area contributed by atoms with E-state index in [0.717, 1.165) is 17.8 Å². The van der Waals surface area contributed by atoms with Crippen LogP contribution >= 0.6 is 0 Å². The second-order valence-electron chi connectivity index (χ2n) is 6.87. The first kappa shape index (κ1) is 18.8. The molecule has 1 N–H and O–H groups in total. The molecule has 6 nitrogen and oxygen atoms in total. The summed E-state index contributed by atoms with van der Waals surface area (Å²) in [6, 6.07) is 17.4. The molecule has 2 aromatic carbocycles. The largest absolute Gasteiger partial charge is 0.497 e. The maximum absolute atomic E-state index is 13.0. The summed E-state index contributed by atoms with van der Waals surface area (Å²) in [6.07, 6.45) is 2.51. The third-order valence-electron chi connectivity index (χ3n) is 5.08. The number of nitrogens with zero attached hydrogens (tertiary/aromatic N) is 2. The van der Waals surface area contributed by atoms with Crippen molar-refractivity contribution in [3.05, 3.63) is 77.6 Å². The van der Waals surface area contributed by atoms with Crippen molar-refractivity contribution in [3.63, 3.8) is 0 Å². The minimum Gasteiger partial charge on any atom is -0.497 e. The topological polar surface area (TPSA) is 63.7 Å². The Morgan fingerprint density at radius 2 is 1.86 bits per heavy atom. The molecule has 0 unspecified atom stereocenters. The molecular formula is C23H23N3O3. The summed E-state index contributed by atoms with van der Waals surface area (Å²) in [4.78, 5) is 19.2. The molecule has 148 valence electrons. The molecule has 0 spiro atoms. The van der Waals surface area contributed by atoms with Gasteiger partial charge in [-0.3, -0.25) is 9.78 Å². The first-order chi connectivity index (χ1) is 14.2.